The first-order valence-corrected chi connectivity index (χ1v) is 6.28. The highest BCUT2D eigenvalue weighted by atomic mass is 16.5. The Balaban J connectivity index is 4.10. The van der Waals surface area contributed by atoms with Crippen molar-refractivity contribution in [2.75, 3.05) is 13.2 Å². The second-order valence-electron chi connectivity index (χ2n) is 4.03. The number of nitrogens with one attached hydrogen (secondary N) is 1. The maximum Gasteiger partial charge on any atom is 0.407 e. The third-order valence-corrected chi connectivity index (χ3v) is 2.34. The van der Waals surface area contributed by atoms with Crippen molar-refractivity contribution < 1.29 is 24.2 Å². The zero-order valence-corrected chi connectivity index (χ0v) is 11.3. The van der Waals surface area contributed by atoms with Crippen molar-refractivity contribution in [3.8, 4) is 0 Å². The lowest BCUT2D eigenvalue weighted by atomic mass is 10.1. The minimum absolute atomic E-state index is 0.214. The molecule has 6 nitrogen and oxygen atoms in total. The van der Waals surface area contributed by atoms with Crippen LogP contribution in [0.5, 0.6) is 0 Å². The summed E-state index contributed by atoms with van der Waals surface area (Å²) in [5.74, 6) is -1.09. The van der Waals surface area contributed by atoms with Crippen LogP contribution in [0, 0.1) is 0 Å². The van der Waals surface area contributed by atoms with Crippen LogP contribution in [-0.4, -0.2) is 42.5 Å². The Hall–Kier alpha value is -1.30. The zero-order chi connectivity index (χ0) is 14.0. The summed E-state index contributed by atoms with van der Waals surface area (Å²) in [6, 6.07) is -0.985. The molecule has 0 aromatic carbocycles. The molecule has 106 valence electrons. The quantitative estimate of drug-likeness (QED) is 0.618. The summed E-state index contributed by atoms with van der Waals surface area (Å²) in [5.41, 5.74) is 0. The number of aliphatic carboxylic acids is 1. The standard InChI is InChI=1S/C12H23NO5/c1-4-6-7-18-12(16)13-10(11(14)15)8-9(3)17-5-2/h9-10H,4-8H2,1-3H3,(H,13,16)(H,14,15)/t9-,10-/m0/s1. The first kappa shape index (κ1) is 16.7. The molecule has 1 amide bonds. The molecule has 0 heterocycles. The molecular weight excluding hydrogens is 238 g/mol. The normalized spacial score (nSPS) is 13.7. The highest BCUT2D eigenvalue weighted by Crippen LogP contribution is 2.03. The Kier molecular flexibility index (Phi) is 9.00. The van der Waals surface area contributed by atoms with E-state index in [1.54, 1.807) is 6.92 Å². The average molecular weight is 261 g/mol. The molecular formula is C12H23NO5. The lowest BCUT2D eigenvalue weighted by Gasteiger charge is -2.18. The van der Waals surface area contributed by atoms with Gasteiger partial charge in [-0.1, -0.05) is 13.3 Å². The van der Waals surface area contributed by atoms with Crippen molar-refractivity contribution >= 4 is 12.1 Å². The fourth-order valence-electron chi connectivity index (χ4n) is 1.40. The number of rotatable bonds is 9. The maximum absolute atomic E-state index is 11.3. The number of alkyl carbamates (subject to hydrolysis) is 1. The van der Waals surface area contributed by atoms with Crippen LogP contribution in [0.1, 0.15) is 40.0 Å². The molecule has 0 saturated carbocycles. The van der Waals surface area contributed by atoms with E-state index in [0.29, 0.717) is 13.2 Å². The van der Waals surface area contributed by atoms with Gasteiger partial charge in [0.25, 0.3) is 0 Å². The summed E-state index contributed by atoms with van der Waals surface area (Å²) >= 11 is 0. The van der Waals surface area contributed by atoms with E-state index in [4.69, 9.17) is 14.6 Å². The average Bonchev–Trinajstić information content (AvgIpc) is 2.28. The van der Waals surface area contributed by atoms with E-state index >= 15 is 0 Å². The van der Waals surface area contributed by atoms with Crippen LogP contribution in [0.25, 0.3) is 0 Å². The van der Waals surface area contributed by atoms with Gasteiger partial charge in [0, 0.05) is 13.0 Å². The molecule has 0 aromatic rings. The van der Waals surface area contributed by atoms with Crippen molar-refractivity contribution in [2.45, 2.75) is 52.2 Å². The van der Waals surface area contributed by atoms with Crippen molar-refractivity contribution in [1.29, 1.82) is 0 Å². The first-order chi connectivity index (χ1) is 8.51. The molecule has 0 aliphatic heterocycles. The minimum atomic E-state index is -1.09. The van der Waals surface area contributed by atoms with Gasteiger partial charge in [0.2, 0.25) is 0 Å². The van der Waals surface area contributed by atoms with Crippen LogP contribution in [0.2, 0.25) is 0 Å². The molecule has 0 radical (unpaired) electrons. The first-order valence-electron chi connectivity index (χ1n) is 6.28. The molecule has 0 aromatic heterocycles. The Bertz CT molecular complexity index is 257. The van der Waals surface area contributed by atoms with Crippen LogP contribution >= 0.6 is 0 Å². The van der Waals surface area contributed by atoms with Crippen molar-refractivity contribution in [3.05, 3.63) is 0 Å². The number of ether oxygens (including phenoxy) is 2. The van der Waals surface area contributed by atoms with Gasteiger partial charge in [-0.2, -0.15) is 0 Å². The molecule has 0 bridgehead atoms. The number of carbonyl (C=O) groups is 2. The molecule has 2 atom stereocenters. The summed E-state index contributed by atoms with van der Waals surface area (Å²) in [5, 5.41) is 11.3. The van der Waals surface area contributed by atoms with Crippen LogP contribution in [0.3, 0.4) is 0 Å². The lowest BCUT2D eigenvalue weighted by molar-refractivity contribution is -0.140. The maximum atomic E-state index is 11.3. The van der Waals surface area contributed by atoms with Crippen LogP contribution < -0.4 is 5.32 Å². The molecule has 0 aliphatic carbocycles. The Labute approximate surface area is 108 Å². The van der Waals surface area contributed by atoms with E-state index in [1.165, 1.54) is 0 Å². The molecule has 18 heavy (non-hydrogen) atoms. The summed E-state index contributed by atoms with van der Waals surface area (Å²) in [4.78, 5) is 22.3. The molecule has 0 spiro atoms. The van der Waals surface area contributed by atoms with Gasteiger partial charge in [-0.25, -0.2) is 9.59 Å². The Morgan fingerprint density at radius 3 is 2.50 bits per heavy atom. The zero-order valence-electron chi connectivity index (χ0n) is 11.3. The number of hydrogen-bond donors (Lipinski definition) is 2. The number of unbranched alkanes of at least 4 members (excludes halogenated alkanes) is 1. The summed E-state index contributed by atoms with van der Waals surface area (Å²) < 4.78 is 10.1. The molecule has 0 aliphatic rings. The fourth-order valence-corrected chi connectivity index (χ4v) is 1.40. The lowest BCUT2D eigenvalue weighted by Crippen LogP contribution is -2.43. The van der Waals surface area contributed by atoms with Gasteiger partial charge < -0.3 is 19.9 Å². The van der Waals surface area contributed by atoms with E-state index in [1.807, 2.05) is 13.8 Å². The van der Waals surface area contributed by atoms with E-state index in [9.17, 15) is 9.59 Å². The van der Waals surface area contributed by atoms with E-state index in [-0.39, 0.29) is 12.5 Å². The highest BCUT2D eigenvalue weighted by molar-refractivity contribution is 5.79. The molecule has 0 unspecified atom stereocenters. The highest BCUT2D eigenvalue weighted by Gasteiger charge is 2.23. The molecule has 0 rings (SSSR count). The van der Waals surface area contributed by atoms with Gasteiger partial charge in [0.05, 0.1) is 12.7 Å². The summed E-state index contributed by atoms with van der Waals surface area (Å²) in [7, 11) is 0. The van der Waals surface area contributed by atoms with Gasteiger partial charge in [-0.3, -0.25) is 0 Å². The number of carbonyl (C=O) groups excluding carboxylic acids is 1. The fraction of sp³-hybridized carbons (Fsp3) is 0.833. The predicted molar refractivity (Wildman–Crippen MR) is 66.5 cm³/mol. The number of carboxylic acids is 1. The minimum Gasteiger partial charge on any atom is -0.480 e. The smallest absolute Gasteiger partial charge is 0.407 e. The van der Waals surface area contributed by atoms with Crippen molar-refractivity contribution in [2.24, 2.45) is 0 Å². The molecule has 6 heteroatoms. The third kappa shape index (κ3) is 7.89. The van der Waals surface area contributed by atoms with Crippen LogP contribution in [0.15, 0.2) is 0 Å². The Morgan fingerprint density at radius 1 is 1.33 bits per heavy atom. The van der Waals surface area contributed by atoms with Gasteiger partial charge in [0.15, 0.2) is 0 Å². The third-order valence-electron chi connectivity index (χ3n) is 2.34. The Morgan fingerprint density at radius 2 is 2.00 bits per heavy atom. The topological polar surface area (TPSA) is 84.9 Å². The van der Waals surface area contributed by atoms with E-state index in [0.717, 1.165) is 12.8 Å². The van der Waals surface area contributed by atoms with Gasteiger partial charge in [-0.05, 0) is 20.3 Å². The van der Waals surface area contributed by atoms with Crippen molar-refractivity contribution in [1.82, 2.24) is 5.32 Å². The number of carboxylic acid groups (broad SMARTS) is 1. The van der Waals surface area contributed by atoms with Gasteiger partial charge in [0.1, 0.15) is 6.04 Å². The monoisotopic (exact) mass is 261 g/mol. The van der Waals surface area contributed by atoms with E-state index < -0.39 is 18.1 Å². The van der Waals surface area contributed by atoms with Gasteiger partial charge >= 0.3 is 12.1 Å². The SMILES string of the molecule is CCCCOC(=O)N[C@@H](C[C@H](C)OCC)C(=O)O. The van der Waals surface area contributed by atoms with E-state index in [2.05, 4.69) is 5.32 Å². The summed E-state index contributed by atoms with van der Waals surface area (Å²) in [6.45, 7) is 6.39. The second kappa shape index (κ2) is 9.70. The molecule has 0 saturated heterocycles. The van der Waals surface area contributed by atoms with Gasteiger partial charge in [-0.15, -0.1) is 0 Å². The molecule has 0 fully saturated rings. The number of amides is 1. The second-order valence-corrected chi connectivity index (χ2v) is 4.03. The summed E-state index contributed by atoms with van der Waals surface area (Å²) in [6.07, 6.45) is 0.968. The largest absolute Gasteiger partial charge is 0.480 e. The number of hydrogen-bond acceptors (Lipinski definition) is 4. The molecule has 2 N–H and O–H groups in total. The van der Waals surface area contributed by atoms with Crippen LogP contribution in [-0.2, 0) is 14.3 Å². The van der Waals surface area contributed by atoms with Crippen molar-refractivity contribution in [3.63, 3.8) is 0 Å². The predicted octanol–water partition coefficient (Wildman–Crippen LogP) is 1.78. The van der Waals surface area contributed by atoms with Crippen LogP contribution in [0.4, 0.5) is 4.79 Å².